The van der Waals surface area contributed by atoms with E-state index in [2.05, 4.69) is 82.4 Å². The van der Waals surface area contributed by atoms with Crippen LogP contribution in [0.2, 0.25) is 0 Å². The molecule has 0 aliphatic rings. The molecule has 1 aromatic heterocycles. The molecule has 2 aromatic rings. The minimum Gasteiger partial charge on any atom is -0.354 e. The minimum absolute atomic E-state index is 0.354. The molecule has 0 aliphatic heterocycles. The molecule has 1 heterocycles. The Morgan fingerprint density at radius 2 is 2.16 bits per heavy atom. The molecule has 0 fully saturated rings. The van der Waals surface area contributed by atoms with E-state index in [1.54, 1.807) is 0 Å². The van der Waals surface area contributed by atoms with Crippen molar-refractivity contribution in [3.8, 4) is 0 Å². The summed E-state index contributed by atoms with van der Waals surface area (Å²) in [4.78, 5) is 0. The van der Waals surface area contributed by atoms with Crippen molar-refractivity contribution in [3.63, 3.8) is 0 Å². The lowest BCUT2D eigenvalue weighted by atomic mass is 10.1. The van der Waals surface area contributed by atoms with Gasteiger partial charge in [0.05, 0.1) is 0 Å². The van der Waals surface area contributed by atoms with Crippen molar-refractivity contribution < 1.29 is 0 Å². The number of benzene rings is 1. The van der Waals surface area contributed by atoms with Gasteiger partial charge in [0.25, 0.3) is 0 Å². The van der Waals surface area contributed by atoms with E-state index >= 15 is 0 Å². The molecule has 19 heavy (non-hydrogen) atoms. The summed E-state index contributed by atoms with van der Waals surface area (Å²) >= 11 is 3.52. The van der Waals surface area contributed by atoms with Gasteiger partial charge in [-0.1, -0.05) is 35.0 Å². The van der Waals surface area contributed by atoms with Crippen LogP contribution in [-0.2, 0) is 13.1 Å². The highest BCUT2D eigenvalue weighted by Gasteiger charge is 2.05. The lowest BCUT2D eigenvalue weighted by Crippen LogP contribution is -2.17. The van der Waals surface area contributed by atoms with Gasteiger partial charge in [0, 0.05) is 36.0 Å². The van der Waals surface area contributed by atoms with Crippen LogP contribution in [0.1, 0.15) is 37.4 Å². The Bertz CT molecular complexity index is 519. The first-order valence-electron chi connectivity index (χ1n) is 6.82. The van der Waals surface area contributed by atoms with E-state index < -0.39 is 0 Å². The Balaban J connectivity index is 1.90. The largest absolute Gasteiger partial charge is 0.354 e. The van der Waals surface area contributed by atoms with Crippen molar-refractivity contribution in [3.05, 3.63) is 58.3 Å². The molecule has 1 N–H and O–H groups in total. The molecule has 3 heteroatoms. The topological polar surface area (TPSA) is 17.0 Å². The molecule has 0 aliphatic carbocycles. The SMILES string of the molecule is CCCn1ccc(CNC(C)c2cccc(Br)c2)c1. The highest BCUT2D eigenvalue weighted by molar-refractivity contribution is 9.10. The standard InChI is InChI=1S/C16H21BrN2/c1-3-8-19-9-7-14(12-19)11-18-13(2)15-5-4-6-16(17)10-15/h4-7,9-10,12-13,18H,3,8,11H2,1-2H3. The predicted molar refractivity (Wildman–Crippen MR) is 84.1 cm³/mol. The molecular weight excluding hydrogens is 300 g/mol. The number of nitrogens with zero attached hydrogens (tertiary/aromatic N) is 1. The highest BCUT2D eigenvalue weighted by Crippen LogP contribution is 2.18. The minimum atomic E-state index is 0.354. The summed E-state index contributed by atoms with van der Waals surface area (Å²) in [5.74, 6) is 0. The van der Waals surface area contributed by atoms with Crippen LogP contribution in [0.5, 0.6) is 0 Å². The van der Waals surface area contributed by atoms with Gasteiger partial charge >= 0.3 is 0 Å². The predicted octanol–water partition coefficient (Wildman–Crippen LogP) is 4.51. The summed E-state index contributed by atoms with van der Waals surface area (Å²) in [6.45, 7) is 6.41. The summed E-state index contributed by atoms with van der Waals surface area (Å²) < 4.78 is 3.38. The van der Waals surface area contributed by atoms with Crippen LogP contribution in [-0.4, -0.2) is 4.57 Å². The molecule has 0 saturated carbocycles. The second-order valence-electron chi connectivity index (χ2n) is 4.92. The third-order valence-corrected chi connectivity index (χ3v) is 3.75. The summed E-state index contributed by atoms with van der Waals surface area (Å²) in [5.41, 5.74) is 2.65. The van der Waals surface area contributed by atoms with Crippen LogP contribution in [0.3, 0.4) is 0 Å². The van der Waals surface area contributed by atoms with E-state index in [0.717, 1.165) is 17.6 Å². The molecular formula is C16H21BrN2. The molecule has 102 valence electrons. The fourth-order valence-corrected chi connectivity index (χ4v) is 2.57. The maximum absolute atomic E-state index is 3.56. The fraction of sp³-hybridized carbons (Fsp3) is 0.375. The van der Waals surface area contributed by atoms with E-state index in [-0.39, 0.29) is 0 Å². The molecule has 0 spiro atoms. The lowest BCUT2D eigenvalue weighted by Gasteiger charge is -2.14. The number of hydrogen-bond acceptors (Lipinski definition) is 1. The van der Waals surface area contributed by atoms with Crippen molar-refractivity contribution in [2.24, 2.45) is 0 Å². The van der Waals surface area contributed by atoms with Gasteiger partial charge in [-0.2, -0.15) is 0 Å². The summed E-state index contributed by atoms with van der Waals surface area (Å²) in [6.07, 6.45) is 5.56. The van der Waals surface area contributed by atoms with Gasteiger partial charge in [0.2, 0.25) is 0 Å². The first-order chi connectivity index (χ1) is 9.19. The zero-order valence-corrected chi connectivity index (χ0v) is 13.2. The smallest absolute Gasteiger partial charge is 0.0295 e. The number of nitrogens with one attached hydrogen (secondary N) is 1. The Labute approximate surface area is 124 Å². The third kappa shape index (κ3) is 4.22. The Morgan fingerprint density at radius 3 is 2.89 bits per heavy atom. The van der Waals surface area contributed by atoms with E-state index in [9.17, 15) is 0 Å². The van der Waals surface area contributed by atoms with Gasteiger partial charge in [0.15, 0.2) is 0 Å². The molecule has 0 amide bonds. The van der Waals surface area contributed by atoms with Crippen LogP contribution < -0.4 is 5.32 Å². The second kappa shape index (κ2) is 6.92. The van der Waals surface area contributed by atoms with Gasteiger partial charge in [-0.15, -0.1) is 0 Å². The average Bonchev–Trinajstić information content (AvgIpc) is 2.84. The quantitative estimate of drug-likeness (QED) is 0.828. The maximum atomic E-state index is 3.56. The number of hydrogen-bond donors (Lipinski definition) is 1. The number of aryl methyl sites for hydroxylation is 1. The lowest BCUT2D eigenvalue weighted by molar-refractivity contribution is 0.573. The zero-order valence-electron chi connectivity index (χ0n) is 11.6. The number of aromatic nitrogens is 1. The Hall–Kier alpha value is -1.06. The van der Waals surface area contributed by atoms with E-state index in [1.807, 2.05) is 0 Å². The third-order valence-electron chi connectivity index (χ3n) is 3.25. The maximum Gasteiger partial charge on any atom is 0.0295 e. The number of halogens is 1. The van der Waals surface area contributed by atoms with Gasteiger partial charge < -0.3 is 9.88 Å². The first kappa shape index (κ1) is 14.4. The number of rotatable bonds is 6. The van der Waals surface area contributed by atoms with Crippen molar-refractivity contribution >= 4 is 15.9 Å². The molecule has 0 bridgehead atoms. The van der Waals surface area contributed by atoms with Crippen LogP contribution in [0.15, 0.2) is 47.2 Å². The molecule has 0 radical (unpaired) electrons. The van der Waals surface area contributed by atoms with Crippen LogP contribution in [0.4, 0.5) is 0 Å². The van der Waals surface area contributed by atoms with Gasteiger partial charge in [-0.25, -0.2) is 0 Å². The first-order valence-corrected chi connectivity index (χ1v) is 7.62. The normalized spacial score (nSPS) is 12.6. The summed E-state index contributed by atoms with van der Waals surface area (Å²) in [7, 11) is 0. The van der Waals surface area contributed by atoms with Crippen LogP contribution in [0.25, 0.3) is 0 Å². The van der Waals surface area contributed by atoms with Crippen molar-refractivity contribution in [2.75, 3.05) is 0 Å². The molecule has 1 atom stereocenters. The Kier molecular flexibility index (Phi) is 5.23. The summed E-state index contributed by atoms with van der Waals surface area (Å²) in [5, 5.41) is 3.56. The van der Waals surface area contributed by atoms with E-state index in [0.29, 0.717) is 6.04 Å². The highest BCUT2D eigenvalue weighted by atomic mass is 79.9. The van der Waals surface area contributed by atoms with Crippen LogP contribution >= 0.6 is 15.9 Å². The van der Waals surface area contributed by atoms with E-state index in [1.165, 1.54) is 17.5 Å². The van der Waals surface area contributed by atoms with Crippen LogP contribution in [0, 0.1) is 0 Å². The Morgan fingerprint density at radius 1 is 1.32 bits per heavy atom. The molecule has 1 aromatic carbocycles. The average molecular weight is 321 g/mol. The van der Waals surface area contributed by atoms with E-state index in [4.69, 9.17) is 0 Å². The van der Waals surface area contributed by atoms with Crippen molar-refractivity contribution in [1.29, 1.82) is 0 Å². The van der Waals surface area contributed by atoms with Crippen molar-refractivity contribution in [2.45, 2.75) is 39.4 Å². The molecule has 0 saturated heterocycles. The van der Waals surface area contributed by atoms with Gasteiger partial charge in [-0.05, 0) is 42.7 Å². The van der Waals surface area contributed by atoms with Crippen molar-refractivity contribution in [1.82, 2.24) is 9.88 Å². The monoisotopic (exact) mass is 320 g/mol. The van der Waals surface area contributed by atoms with Gasteiger partial charge in [0.1, 0.15) is 0 Å². The fourth-order valence-electron chi connectivity index (χ4n) is 2.16. The molecule has 1 unspecified atom stereocenters. The zero-order chi connectivity index (χ0) is 13.7. The second-order valence-corrected chi connectivity index (χ2v) is 5.83. The molecule has 2 nitrogen and oxygen atoms in total. The molecule has 2 rings (SSSR count). The van der Waals surface area contributed by atoms with Gasteiger partial charge in [-0.3, -0.25) is 0 Å². The summed E-state index contributed by atoms with van der Waals surface area (Å²) in [6, 6.07) is 11.0.